The molecule has 1 aromatic carbocycles. The maximum Gasteiger partial charge on any atom is 0.270 e. The first-order valence-electron chi connectivity index (χ1n) is 19.8. The fraction of sp³-hybridized carbons (Fsp3) is 0.581. The number of nitro groups is 1. The molecule has 3 heterocycles. The number of nitrogens with one attached hydrogen (secondary N) is 3. The van der Waals surface area contributed by atoms with E-state index in [1.54, 1.807) is 18.2 Å². The molecule has 49 heavy (non-hydrogen) atoms. The summed E-state index contributed by atoms with van der Waals surface area (Å²) in [6.07, 6.45) is 26.2. The van der Waals surface area contributed by atoms with Crippen LogP contribution in [0.4, 0.5) is 5.69 Å². The first-order valence-corrected chi connectivity index (χ1v) is 19.8. The number of H-pyrrole nitrogens is 3. The molecule has 4 aromatic rings. The van der Waals surface area contributed by atoms with Gasteiger partial charge < -0.3 is 15.0 Å². The third kappa shape index (κ3) is 11.8. The molecule has 0 bridgehead atoms. The van der Waals surface area contributed by atoms with Crippen molar-refractivity contribution in [3.63, 3.8) is 0 Å². The highest BCUT2D eigenvalue weighted by atomic mass is 16.6. The summed E-state index contributed by atoms with van der Waals surface area (Å²) in [5, 5.41) is 11.6. The summed E-state index contributed by atoms with van der Waals surface area (Å²) in [5.41, 5.74) is 11.9. The summed E-state index contributed by atoms with van der Waals surface area (Å²) in [5.74, 6) is 0. The van der Waals surface area contributed by atoms with E-state index in [-0.39, 0.29) is 10.6 Å². The minimum absolute atomic E-state index is 0.119. The van der Waals surface area contributed by atoms with E-state index in [2.05, 4.69) is 60.8 Å². The Balaban J connectivity index is 1.63. The van der Waals surface area contributed by atoms with Gasteiger partial charge in [0, 0.05) is 29.1 Å². The highest BCUT2D eigenvalue weighted by Crippen LogP contribution is 2.36. The van der Waals surface area contributed by atoms with Gasteiger partial charge in [0.15, 0.2) is 0 Å². The number of hydrogen-bond donors (Lipinski definition) is 3. The second-order valence-electron chi connectivity index (χ2n) is 14.4. The summed E-state index contributed by atoms with van der Waals surface area (Å²) >= 11 is 0. The molecular formula is C43H64N4O2. The normalized spacial score (nSPS) is 11.5. The van der Waals surface area contributed by atoms with Gasteiger partial charge in [-0.15, -0.1) is 0 Å². The molecule has 4 rings (SSSR count). The minimum Gasteiger partial charge on any atom is -0.357 e. The average Bonchev–Trinajstić information content (AvgIpc) is 3.82. The molecule has 0 unspecified atom stereocenters. The number of benzene rings is 1. The highest BCUT2D eigenvalue weighted by molar-refractivity contribution is 5.75. The second kappa shape index (κ2) is 20.9. The Labute approximate surface area is 296 Å². The molecule has 6 nitrogen and oxygen atoms in total. The van der Waals surface area contributed by atoms with E-state index in [4.69, 9.17) is 0 Å². The zero-order valence-corrected chi connectivity index (χ0v) is 31.2. The molecule has 0 aliphatic rings. The number of aryl methyl sites for hydroxylation is 4. The molecule has 6 heteroatoms. The van der Waals surface area contributed by atoms with Crippen LogP contribution in [-0.2, 0) is 19.3 Å². The van der Waals surface area contributed by atoms with Crippen LogP contribution < -0.4 is 0 Å². The van der Waals surface area contributed by atoms with Crippen LogP contribution in [-0.4, -0.2) is 19.9 Å². The smallest absolute Gasteiger partial charge is 0.270 e. The zero-order chi connectivity index (χ0) is 34.8. The second-order valence-corrected chi connectivity index (χ2v) is 14.4. The van der Waals surface area contributed by atoms with Crippen LogP contribution in [0.3, 0.4) is 0 Å². The number of rotatable bonds is 25. The summed E-state index contributed by atoms with van der Waals surface area (Å²) in [6.45, 7) is 9.04. The van der Waals surface area contributed by atoms with Gasteiger partial charge in [0.1, 0.15) is 0 Å². The summed E-state index contributed by atoms with van der Waals surface area (Å²) in [6, 6.07) is 14.0. The number of nitro benzene ring substituents is 1. The summed E-state index contributed by atoms with van der Waals surface area (Å²) in [7, 11) is 0. The number of nitrogens with zero attached hydrogens (tertiary/aromatic N) is 1. The van der Waals surface area contributed by atoms with Gasteiger partial charge in [0.25, 0.3) is 5.69 Å². The van der Waals surface area contributed by atoms with E-state index in [0.29, 0.717) is 0 Å². The molecule has 0 radical (unpaired) electrons. The largest absolute Gasteiger partial charge is 0.357 e. The molecule has 0 atom stereocenters. The van der Waals surface area contributed by atoms with Gasteiger partial charge in [0.05, 0.1) is 27.7 Å². The Morgan fingerprint density at radius 1 is 0.531 bits per heavy atom. The Kier molecular flexibility index (Phi) is 16.3. The molecular weight excluding hydrogens is 604 g/mol. The molecule has 3 aromatic heterocycles. The van der Waals surface area contributed by atoms with Gasteiger partial charge in [-0.2, -0.15) is 0 Å². The van der Waals surface area contributed by atoms with Crippen molar-refractivity contribution in [3.8, 4) is 34.0 Å². The van der Waals surface area contributed by atoms with Crippen molar-refractivity contribution < 1.29 is 4.92 Å². The summed E-state index contributed by atoms with van der Waals surface area (Å²) in [4.78, 5) is 22.7. The third-order valence-corrected chi connectivity index (χ3v) is 10.2. The van der Waals surface area contributed by atoms with E-state index in [0.717, 1.165) is 48.3 Å². The Bertz CT molecular complexity index is 1540. The lowest BCUT2D eigenvalue weighted by Gasteiger charge is -2.04. The lowest BCUT2D eigenvalue weighted by Crippen LogP contribution is -1.90. The SMILES string of the molecule is CCCCCCCCc1cc(-c2[nH]c(-c3[nH]c(-c4cccc([N+](=O)[O-])c4)cc3CCCCCCCC)cc2CCCCCCCC)[nH]c1C. The fourth-order valence-electron chi connectivity index (χ4n) is 7.23. The number of hydrogen-bond acceptors (Lipinski definition) is 2. The number of aromatic amines is 3. The molecule has 0 fully saturated rings. The van der Waals surface area contributed by atoms with E-state index >= 15 is 0 Å². The van der Waals surface area contributed by atoms with Crippen molar-refractivity contribution in [1.82, 2.24) is 15.0 Å². The van der Waals surface area contributed by atoms with Crippen LogP contribution in [0.15, 0.2) is 42.5 Å². The van der Waals surface area contributed by atoms with Crippen molar-refractivity contribution >= 4 is 5.69 Å². The first-order chi connectivity index (χ1) is 23.9. The predicted molar refractivity (Wildman–Crippen MR) is 208 cm³/mol. The van der Waals surface area contributed by atoms with Gasteiger partial charge in [-0.1, -0.05) is 129 Å². The van der Waals surface area contributed by atoms with Crippen molar-refractivity contribution in [2.75, 3.05) is 0 Å². The Morgan fingerprint density at radius 2 is 0.959 bits per heavy atom. The van der Waals surface area contributed by atoms with Gasteiger partial charge in [0.2, 0.25) is 0 Å². The van der Waals surface area contributed by atoms with E-state index in [1.165, 1.54) is 143 Å². The number of aromatic nitrogens is 3. The zero-order valence-electron chi connectivity index (χ0n) is 31.2. The van der Waals surface area contributed by atoms with Crippen LogP contribution in [0.1, 0.15) is 159 Å². The Morgan fingerprint density at radius 3 is 1.49 bits per heavy atom. The predicted octanol–water partition coefficient (Wildman–Crippen LogP) is 13.6. The standard InChI is InChI=1S/C43H64N4O2/c1-5-8-11-14-17-20-24-34-30-40(44-33(34)4)42-37(26-22-19-16-13-10-7-3)32-41(46-42)43-36(25-21-18-15-12-9-6-2)31-39(45-43)35-27-23-28-38(29-35)47(48)49/h23,27-32,44-46H,5-22,24-26H2,1-4H3. The quantitative estimate of drug-likeness (QED) is 0.0372. The maximum atomic E-state index is 11.6. The third-order valence-electron chi connectivity index (χ3n) is 10.2. The van der Waals surface area contributed by atoms with Crippen LogP contribution in [0.2, 0.25) is 0 Å². The van der Waals surface area contributed by atoms with Crippen molar-refractivity contribution in [1.29, 1.82) is 0 Å². The lowest BCUT2D eigenvalue weighted by molar-refractivity contribution is -0.384. The summed E-state index contributed by atoms with van der Waals surface area (Å²) < 4.78 is 0. The number of unbranched alkanes of at least 4 members (excludes halogenated alkanes) is 15. The van der Waals surface area contributed by atoms with Gasteiger partial charge in [-0.25, -0.2) is 0 Å². The van der Waals surface area contributed by atoms with Crippen LogP contribution in [0, 0.1) is 17.0 Å². The molecule has 0 aliphatic carbocycles. The van der Waals surface area contributed by atoms with E-state index < -0.39 is 0 Å². The van der Waals surface area contributed by atoms with E-state index in [1.807, 2.05) is 6.07 Å². The number of non-ortho nitro benzene ring substituents is 1. The average molecular weight is 669 g/mol. The molecule has 3 N–H and O–H groups in total. The molecule has 0 aliphatic heterocycles. The van der Waals surface area contributed by atoms with Crippen molar-refractivity contribution in [3.05, 3.63) is 75.0 Å². The monoisotopic (exact) mass is 669 g/mol. The maximum absolute atomic E-state index is 11.6. The van der Waals surface area contributed by atoms with Crippen LogP contribution in [0.5, 0.6) is 0 Å². The molecule has 0 saturated carbocycles. The highest BCUT2D eigenvalue weighted by Gasteiger charge is 2.19. The molecule has 0 saturated heterocycles. The molecule has 0 amide bonds. The lowest BCUT2D eigenvalue weighted by atomic mass is 10.0. The van der Waals surface area contributed by atoms with Crippen LogP contribution >= 0.6 is 0 Å². The van der Waals surface area contributed by atoms with Gasteiger partial charge in [-0.3, -0.25) is 10.1 Å². The Hall–Kier alpha value is -3.54. The molecule has 0 spiro atoms. The molecule has 268 valence electrons. The van der Waals surface area contributed by atoms with Crippen molar-refractivity contribution in [2.45, 2.75) is 163 Å². The van der Waals surface area contributed by atoms with Crippen molar-refractivity contribution in [2.24, 2.45) is 0 Å². The van der Waals surface area contributed by atoms with Gasteiger partial charge >= 0.3 is 0 Å². The topological polar surface area (TPSA) is 90.5 Å². The van der Waals surface area contributed by atoms with E-state index in [9.17, 15) is 10.1 Å². The minimum atomic E-state index is -0.310. The first kappa shape index (κ1) is 38.3. The fourth-order valence-corrected chi connectivity index (χ4v) is 7.23. The van der Waals surface area contributed by atoms with Crippen LogP contribution in [0.25, 0.3) is 34.0 Å². The van der Waals surface area contributed by atoms with Gasteiger partial charge in [-0.05, 0) is 80.3 Å².